The first-order valence-electron chi connectivity index (χ1n) is 7.75. The second kappa shape index (κ2) is 6.31. The van der Waals surface area contributed by atoms with Crippen LogP contribution in [0.2, 0.25) is 0 Å². The van der Waals surface area contributed by atoms with Crippen LogP contribution in [0.25, 0.3) is 0 Å². The molecule has 1 aromatic rings. The van der Waals surface area contributed by atoms with Crippen molar-refractivity contribution in [2.45, 2.75) is 54.9 Å². The summed E-state index contributed by atoms with van der Waals surface area (Å²) in [6, 6.07) is 7.11. The van der Waals surface area contributed by atoms with Crippen LogP contribution >= 0.6 is 0 Å². The van der Waals surface area contributed by atoms with Crippen LogP contribution in [0.5, 0.6) is 11.5 Å². The first-order valence-corrected chi connectivity index (χ1v) is 7.75. The first-order chi connectivity index (χ1) is 9.89. The lowest BCUT2D eigenvalue weighted by Gasteiger charge is -2.43. The van der Waals surface area contributed by atoms with Crippen molar-refractivity contribution in [3.05, 3.63) is 24.3 Å². The van der Waals surface area contributed by atoms with E-state index in [0.29, 0.717) is 5.75 Å². The van der Waals surface area contributed by atoms with Gasteiger partial charge in [-0.15, -0.1) is 0 Å². The summed E-state index contributed by atoms with van der Waals surface area (Å²) in [5, 5.41) is 0. The van der Waals surface area contributed by atoms with E-state index in [1.807, 2.05) is 6.92 Å². The van der Waals surface area contributed by atoms with Gasteiger partial charge in [-0.3, -0.25) is 4.79 Å². The van der Waals surface area contributed by atoms with Gasteiger partial charge < -0.3 is 9.47 Å². The maximum atomic E-state index is 12.9. The summed E-state index contributed by atoms with van der Waals surface area (Å²) in [6.45, 7) is 14.7. The zero-order valence-electron chi connectivity index (χ0n) is 15.2. The van der Waals surface area contributed by atoms with Gasteiger partial charge in [0.05, 0.1) is 12.5 Å². The molecule has 0 amide bonds. The fourth-order valence-corrected chi connectivity index (χ4v) is 2.57. The summed E-state index contributed by atoms with van der Waals surface area (Å²) >= 11 is 0. The molecule has 1 aromatic carbocycles. The monoisotopic (exact) mass is 306 g/mol. The summed E-state index contributed by atoms with van der Waals surface area (Å²) in [4.78, 5) is 12.9. The minimum absolute atomic E-state index is 0.0426. The minimum atomic E-state index is -0.564. The molecular formula is C19H30O3. The van der Waals surface area contributed by atoms with Crippen molar-refractivity contribution < 1.29 is 14.3 Å². The molecule has 1 unspecified atom stereocenters. The van der Waals surface area contributed by atoms with Gasteiger partial charge in [-0.05, 0) is 48.4 Å². The van der Waals surface area contributed by atoms with Crippen LogP contribution < -0.4 is 9.47 Å². The molecule has 124 valence electrons. The normalized spacial score (nSPS) is 15.1. The number of carbonyl (C=O) groups excluding carboxylic acids is 1. The molecule has 0 fully saturated rings. The van der Waals surface area contributed by atoms with Crippen LogP contribution in [-0.4, -0.2) is 13.1 Å². The van der Waals surface area contributed by atoms with Gasteiger partial charge in [-0.25, -0.2) is 0 Å². The lowest BCUT2D eigenvalue weighted by Crippen LogP contribution is -2.45. The molecule has 0 N–H and O–H groups in total. The number of methoxy groups -OCH3 is 1. The zero-order chi connectivity index (χ0) is 17.2. The summed E-state index contributed by atoms with van der Waals surface area (Å²) in [5.41, 5.74) is -0.712. The van der Waals surface area contributed by atoms with Crippen LogP contribution in [0.3, 0.4) is 0 Å². The fraction of sp³-hybridized carbons (Fsp3) is 0.632. The number of hydrogen-bond donors (Lipinski definition) is 0. The van der Waals surface area contributed by atoms with Gasteiger partial charge in [-0.1, -0.05) is 41.5 Å². The van der Waals surface area contributed by atoms with E-state index >= 15 is 0 Å². The van der Waals surface area contributed by atoms with Crippen molar-refractivity contribution in [1.29, 1.82) is 0 Å². The molecule has 0 heterocycles. The van der Waals surface area contributed by atoms with Gasteiger partial charge in [-0.2, -0.15) is 0 Å². The molecule has 0 saturated heterocycles. The number of rotatable bonds is 4. The molecule has 0 aliphatic carbocycles. The SMILES string of the molecule is COc1ccc(OC(=O)C(C)(CC(C)(C)C)C(C)(C)C)cc1. The molecule has 1 rings (SSSR count). The Morgan fingerprint density at radius 3 is 1.73 bits per heavy atom. The Morgan fingerprint density at radius 1 is 0.909 bits per heavy atom. The van der Waals surface area contributed by atoms with Crippen molar-refractivity contribution in [3.63, 3.8) is 0 Å². The second-order valence-corrected chi connectivity index (χ2v) is 8.38. The molecule has 1 atom stereocenters. The van der Waals surface area contributed by atoms with Gasteiger partial charge in [0.25, 0.3) is 0 Å². The molecule has 22 heavy (non-hydrogen) atoms. The van der Waals surface area contributed by atoms with Crippen LogP contribution in [-0.2, 0) is 4.79 Å². The smallest absolute Gasteiger partial charge is 0.317 e. The number of hydrogen-bond acceptors (Lipinski definition) is 3. The lowest BCUT2D eigenvalue weighted by atomic mass is 9.61. The third-order valence-electron chi connectivity index (χ3n) is 4.26. The van der Waals surface area contributed by atoms with Crippen LogP contribution in [0.4, 0.5) is 0 Å². The number of ether oxygens (including phenoxy) is 2. The topological polar surface area (TPSA) is 35.5 Å². The summed E-state index contributed by atoms with van der Waals surface area (Å²) in [7, 11) is 1.61. The van der Waals surface area contributed by atoms with Crippen molar-refractivity contribution in [2.75, 3.05) is 7.11 Å². The minimum Gasteiger partial charge on any atom is -0.497 e. The standard InChI is InChI=1S/C19H30O3/c1-17(2,3)13-19(7,18(4,5)6)16(20)22-15-11-9-14(21-8)10-12-15/h9-12H,13H2,1-8H3. The molecule has 0 aliphatic rings. The molecule has 0 radical (unpaired) electrons. The van der Waals surface area contributed by atoms with E-state index in [9.17, 15) is 4.79 Å². The van der Waals surface area contributed by atoms with Crippen molar-refractivity contribution >= 4 is 5.97 Å². The van der Waals surface area contributed by atoms with Gasteiger partial charge >= 0.3 is 5.97 Å². The summed E-state index contributed by atoms with van der Waals surface area (Å²) in [5.74, 6) is 1.11. The zero-order valence-corrected chi connectivity index (χ0v) is 15.2. The van der Waals surface area contributed by atoms with Crippen molar-refractivity contribution in [1.82, 2.24) is 0 Å². The van der Waals surface area contributed by atoms with Crippen LogP contribution in [0.1, 0.15) is 54.9 Å². The predicted molar refractivity (Wildman–Crippen MR) is 90.3 cm³/mol. The number of carbonyl (C=O) groups is 1. The molecule has 0 saturated carbocycles. The van der Waals surface area contributed by atoms with E-state index in [2.05, 4.69) is 41.5 Å². The second-order valence-electron chi connectivity index (χ2n) is 8.38. The van der Waals surface area contributed by atoms with Gasteiger partial charge in [0, 0.05) is 0 Å². The Morgan fingerprint density at radius 2 is 1.36 bits per heavy atom. The van der Waals surface area contributed by atoms with E-state index in [0.717, 1.165) is 12.2 Å². The first kappa shape index (κ1) is 18.5. The third kappa shape index (κ3) is 4.49. The Kier molecular flexibility index (Phi) is 5.32. The van der Waals surface area contributed by atoms with Crippen molar-refractivity contribution in [2.24, 2.45) is 16.2 Å². The number of benzene rings is 1. The molecule has 0 spiro atoms. The maximum Gasteiger partial charge on any atom is 0.317 e. The Hall–Kier alpha value is -1.51. The van der Waals surface area contributed by atoms with E-state index in [1.54, 1.807) is 31.4 Å². The Bertz CT molecular complexity index is 503. The highest BCUT2D eigenvalue weighted by Crippen LogP contribution is 2.47. The maximum absolute atomic E-state index is 12.9. The van der Waals surface area contributed by atoms with Gasteiger partial charge in [0.2, 0.25) is 0 Å². The molecule has 0 aromatic heterocycles. The Labute approximate surface area is 135 Å². The van der Waals surface area contributed by atoms with E-state index in [1.165, 1.54) is 0 Å². The highest BCUT2D eigenvalue weighted by atomic mass is 16.5. The van der Waals surface area contributed by atoms with Crippen LogP contribution in [0.15, 0.2) is 24.3 Å². The number of esters is 1. The third-order valence-corrected chi connectivity index (χ3v) is 4.26. The summed E-state index contributed by atoms with van der Waals surface area (Å²) < 4.78 is 10.8. The lowest BCUT2D eigenvalue weighted by molar-refractivity contribution is -0.154. The molecule has 0 aliphatic heterocycles. The predicted octanol–water partition coefficient (Wildman–Crippen LogP) is 5.09. The molecule has 3 heteroatoms. The molecule has 3 nitrogen and oxygen atoms in total. The average Bonchev–Trinajstić information content (AvgIpc) is 2.36. The largest absolute Gasteiger partial charge is 0.497 e. The van der Waals surface area contributed by atoms with Crippen LogP contribution in [0, 0.1) is 16.2 Å². The molecular weight excluding hydrogens is 276 g/mol. The van der Waals surface area contributed by atoms with E-state index < -0.39 is 5.41 Å². The summed E-state index contributed by atoms with van der Waals surface area (Å²) in [6.07, 6.45) is 0.762. The fourth-order valence-electron chi connectivity index (χ4n) is 2.57. The van der Waals surface area contributed by atoms with Gasteiger partial charge in [0.1, 0.15) is 11.5 Å². The highest BCUT2D eigenvalue weighted by Gasteiger charge is 2.47. The van der Waals surface area contributed by atoms with Crippen molar-refractivity contribution in [3.8, 4) is 11.5 Å². The average molecular weight is 306 g/mol. The van der Waals surface area contributed by atoms with Gasteiger partial charge in [0.15, 0.2) is 0 Å². The molecule has 0 bridgehead atoms. The van der Waals surface area contributed by atoms with E-state index in [4.69, 9.17) is 9.47 Å². The Balaban J connectivity index is 3.02. The highest BCUT2D eigenvalue weighted by molar-refractivity contribution is 5.79. The quantitative estimate of drug-likeness (QED) is 0.574. The van der Waals surface area contributed by atoms with E-state index in [-0.39, 0.29) is 16.8 Å².